The first kappa shape index (κ1) is 18.6. The molecule has 2 aromatic carbocycles. The lowest BCUT2D eigenvalue weighted by Gasteiger charge is -2.11. The fourth-order valence-corrected chi connectivity index (χ4v) is 3.85. The third-order valence-electron chi connectivity index (χ3n) is 3.82. The molecular formula is C18H18N4O4S. The van der Waals surface area contributed by atoms with Crippen LogP contribution in [0.15, 0.2) is 58.4 Å². The number of rotatable bonds is 4. The molecule has 0 aliphatic carbocycles. The van der Waals surface area contributed by atoms with E-state index in [-0.39, 0.29) is 16.6 Å². The monoisotopic (exact) mass is 386 g/mol. The topological polar surface area (TPSA) is 117 Å². The summed E-state index contributed by atoms with van der Waals surface area (Å²) in [7, 11) is -3.65. The molecule has 1 heterocycles. The molecule has 0 saturated heterocycles. The summed E-state index contributed by atoms with van der Waals surface area (Å²) in [5.41, 5.74) is 1.48. The second-order valence-corrected chi connectivity index (χ2v) is 7.66. The fourth-order valence-electron chi connectivity index (χ4n) is 2.61. The van der Waals surface area contributed by atoms with Crippen molar-refractivity contribution >= 4 is 39.0 Å². The van der Waals surface area contributed by atoms with Crippen LogP contribution in [0.25, 0.3) is 0 Å². The average Bonchev–Trinajstić information content (AvgIpc) is 2.85. The van der Waals surface area contributed by atoms with E-state index in [0.29, 0.717) is 16.9 Å². The van der Waals surface area contributed by atoms with Crippen molar-refractivity contribution in [3.05, 3.63) is 54.1 Å². The largest absolute Gasteiger partial charge is 0.326 e. The minimum absolute atomic E-state index is 0.138. The normalized spacial score (nSPS) is 16.9. The number of anilines is 2. The summed E-state index contributed by atoms with van der Waals surface area (Å²) in [6.45, 7) is 2.96. The summed E-state index contributed by atoms with van der Waals surface area (Å²) in [5, 5.41) is 5.33. The van der Waals surface area contributed by atoms with E-state index >= 15 is 0 Å². The molecule has 8 nitrogen and oxygen atoms in total. The number of carbonyl (C=O) groups excluding carboxylic acids is 2. The van der Waals surface area contributed by atoms with Gasteiger partial charge in [-0.1, -0.05) is 18.2 Å². The van der Waals surface area contributed by atoms with Gasteiger partial charge in [0, 0.05) is 23.9 Å². The zero-order valence-corrected chi connectivity index (χ0v) is 15.5. The van der Waals surface area contributed by atoms with E-state index in [1.165, 1.54) is 13.0 Å². The average molecular weight is 386 g/mol. The van der Waals surface area contributed by atoms with Gasteiger partial charge in [0.15, 0.2) is 0 Å². The predicted molar refractivity (Wildman–Crippen MR) is 102 cm³/mol. The summed E-state index contributed by atoms with van der Waals surface area (Å²) in [6, 6.07) is 12.3. The molecule has 0 spiro atoms. The van der Waals surface area contributed by atoms with Crippen molar-refractivity contribution in [1.82, 2.24) is 4.72 Å². The maximum Gasteiger partial charge on any atom is 0.263 e. The van der Waals surface area contributed by atoms with Crippen molar-refractivity contribution in [3.8, 4) is 0 Å². The van der Waals surface area contributed by atoms with Crippen LogP contribution in [-0.4, -0.2) is 32.1 Å². The first-order chi connectivity index (χ1) is 12.8. The Bertz CT molecular complexity index is 1050. The molecule has 27 heavy (non-hydrogen) atoms. The minimum Gasteiger partial charge on any atom is -0.326 e. The maximum absolute atomic E-state index is 12.4. The number of nitrogens with one attached hydrogen (secondary N) is 3. The Morgan fingerprint density at radius 1 is 1.04 bits per heavy atom. The van der Waals surface area contributed by atoms with Gasteiger partial charge in [-0.05, 0) is 37.3 Å². The molecule has 0 saturated carbocycles. The third kappa shape index (κ3) is 4.14. The lowest BCUT2D eigenvalue weighted by Crippen LogP contribution is -2.28. The van der Waals surface area contributed by atoms with E-state index in [1.807, 2.05) is 0 Å². The van der Waals surface area contributed by atoms with Gasteiger partial charge in [-0.25, -0.2) is 8.42 Å². The molecule has 3 N–H and O–H groups in total. The SMILES string of the molecule is CC(=O)Nc1cccc(NC(=O)[C@@H](C)N=C2NS(=O)(=O)c3ccccc32)c1. The summed E-state index contributed by atoms with van der Waals surface area (Å²) in [6.07, 6.45) is 0. The highest BCUT2D eigenvalue weighted by Crippen LogP contribution is 2.23. The number of amidine groups is 1. The Kier molecular flexibility index (Phi) is 4.95. The summed E-state index contributed by atoms with van der Waals surface area (Å²) < 4.78 is 26.6. The summed E-state index contributed by atoms with van der Waals surface area (Å²) >= 11 is 0. The smallest absolute Gasteiger partial charge is 0.263 e. The van der Waals surface area contributed by atoms with E-state index < -0.39 is 22.0 Å². The number of benzene rings is 2. The van der Waals surface area contributed by atoms with E-state index in [0.717, 1.165) is 0 Å². The molecule has 0 bridgehead atoms. The van der Waals surface area contributed by atoms with Crippen molar-refractivity contribution in [3.63, 3.8) is 0 Å². The zero-order chi connectivity index (χ0) is 19.6. The highest BCUT2D eigenvalue weighted by molar-refractivity contribution is 7.90. The Morgan fingerprint density at radius 3 is 2.41 bits per heavy atom. The van der Waals surface area contributed by atoms with Crippen molar-refractivity contribution in [1.29, 1.82) is 0 Å². The van der Waals surface area contributed by atoms with Crippen molar-refractivity contribution in [2.45, 2.75) is 24.8 Å². The van der Waals surface area contributed by atoms with Crippen LogP contribution in [0.5, 0.6) is 0 Å². The third-order valence-corrected chi connectivity index (χ3v) is 5.21. The minimum atomic E-state index is -3.65. The van der Waals surface area contributed by atoms with Gasteiger partial charge in [-0.3, -0.25) is 19.3 Å². The van der Waals surface area contributed by atoms with Crippen molar-refractivity contribution in [2.75, 3.05) is 10.6 Å². The molecule has 1 aliphatic rings. The van der Waals surface area contributed by atoms with Gasteiger partial charge in [0.25, 0.3) is 10.0 Å². The number of aliphatic imine (C=N–C) groups is 1. The Hall–Kier alpha value is -3.20. The van der Waals surface area contributed by atoms with E-state index in [2.05, 4.69) is 20.3 Å². The Balaban J connectivity index is 1.77. The van der Waals surface area contributed by atoms with Crippen LogP contribution in [0.3, 0.4) is 0 Å². The molecule has 140 valence electrons. The van der Waals surface area contributed by atoms with Gasteiger partial charge in [-0.2, -0.15) is 0 Å². The van der Waals surface area contributed by atoms with Gasteiger partial charge < -0.3 is 10.6 Å². The van der Waals surface area contributed by atoms with Crippen molar-refractivity contribution in [2.24, 2.45) is 4.99 Å². The van der Waals surface area contributed by atoms with Gasteiger partial charge in [0.05, 0.1) is 4.90 Å². The molecule has 1 aliphatic heterocycles. The van der Waals surface area contributed by atoms with Gasteiger partial charge >= 0.3 is 0 Å². The van der Waals surface area contributed by atoms with Crippen LogP contribution < -0.4 is 15.4 Å². The van der Waals surface area contributed by atoms with E-state index in [9.17, 15) is 18.0 Å². The van der Waals surface area contributed by atoms with E-state index in [4.69, 9.17) is 0 Å². The van der Waals surface area contributed by atoms with Gasteiger partial charge in [0.2, 0.25) is 11.8 Å². The first-order valence-electron chi connectivity index (χ1n) is 8.15. The molecule has 0 radical (unpaired) electrons. The van der Waals surface area contributed by atoms with Crippen LogP contribution in [0.1, 0.15) is 19.4 Å². The summed E-state index contributed by atoms with van der Waals surface area (Å²) in [4.78, 5) is 27.9. The fraction of sp³-hybridized carbons (Fsp3) is 0.167. The van der Waals surface area contributed by atoms with Crippen LogP contribution >= 0.6 is 0 Å². The molecule has 0 fully saturated rings. The second-order valence-electron chi connectivity index (χ2n) is 6.01. The van der Waals surface area contributed by atoms with Gasteiger partial charge in [-0.15, -0.1) is 0 Å². The van der Waals surface area contributed by atoms with E-state index in [1.54, 1.807) is 49.4 Å². The lowest BCUT2D eigenvalue weighted by molar-refractivity contribution is -0.117. The highest BCUT2D eigenvalue weighted by atomic mass is 32.2. The standard InChI is InChI=1S/C18H18N4O4S/c1-11(18(24)21-14-7-5-6-13(10-14)20-12(2)23)19-17-15-8-3-4-9-16(15)27(25,26)22-17/h3-11H,1-2H3,(H,19,22)(H,20,23)(H,21,24)/t11-/m1/s1. The molecular weight excluding hydrogens is 368 g/mol. The quantitative estimate of drug-likeness (QED) is 0.741. The van der Waals surface area contributed by atoms with Crippen molar-refractivity contribution < 1.29 is 18.0 Å². The van der Waals surface area contributed by atoms with Crippen LogP contribution in [-0.2, 0) is 19.6 Å². The first-order valence-corrected chi connectivity index (χ1v) is 9.63. The van der Waals surface area contributed by atoms with Crippen LogP contribution in [0.2, 0.25) is 0 Å². The van der Waals surface area contributed by atoms with Crippen LogP contribution in [0, 0.1) is 0 Å². The number of hydrogen-bond donors (Lipinski definition) is 3. The van der Waals surface area contributed by atoms with Gasteiger partial charge in [0.1, 0.15) is 11.9 Å². The lowest BCUT2D eigenvalue weighted by atomic mass is 10.2. The number of nitrogens with zero attached hydrogens (tertiary/aromatic N) is 1. The number of carbonyl (C=O) groups is 2. The molecule has 2 aromatic rings. The molecule has 2 amide bonds. The molecule has 0 unspecified atom stereocenters. The molecule has 1 atom stereocenters. The molecule has 9 heteroatoms. The maximum atomic E-state index is 12.4. The number of sulfonamides is 1. The zero-order valence-electron chi connectivity index (χ0n) is 14.7. The molecule has 0 aromatic heterocycles. The number of fused-ring (bicyclic) bond motifs is 1. The Labute approximate surface area is 156 Å². The highest BCUT2D eigenvalue weighted by Gasteiger charge is 2.31. The second kappa shape index (κ2) is 7.20. The predicted octanol–water partition coefficient (Wildman–Crippen LogP) is 1.71. The Morgan fingerprint density at radius 2 is 1.70 bits per heavy atom. The molecule has 3 rings (SSSR count). The van der Waals surface area contributed by atoms with Crippen LogP contribution in [0.4, 0.5) is 11.4 Å². The number of hydrogen-bond acceptors (Lipinski definition) is 5. The number of amides is 2. The summed E-state index contributed by atoms with van der Waals surface area (Å²) in [5.74, 6) is -0.489.